The van der Waals surface area contributed by atoms with E-state index in [-0.39, 0.29) is 17.2 Å². The molecule has 1 fully saturated rings. The van der Waals surface area contributed by atoms with Crippen LogP contribution in [0.1, 0.15) is 54.4 Å². The zero-order valence-corrected chi connectivity index (χ0v) is 10.6. The minimum Gasteiger partial charge on any atom is -0.443 e. The molecule has 0 radical (unpaired) electrons. The average molecular weight is 263 g/mol. The molecule has 0 aromatic carbocycles. The fraction of sp³-hybridized carbons (Fsp3) is 0.500. The van der Waals surface area contributed by atoms with Crippen LogP contribution in [0.2, 0.25) is 0 Å². The molecule has 7 heteroatoms. The maximum absolute atomic E-state index is 11.9. The molecule has 1 aromatic rings. The molecule has 1 aliphatic rings. The first kappa shape index (κ1) is 13.1. The summed E-state index contributed by atoms with van der Waals surface area (Å²) in [4.78, 5) is 23.1. The number of carbonyl (C=O) groups excluding carboxylic acids is 2. The average Bonchev–Trinajstić information content (AvgIpc) is 2.99. The summed E-state index contributed by atoms with van der Waals surface area (Å²) in [5.41, 5.74) is 4.34. The smallest absolute Gasteiger partial charge is 0.379 e. The predicted octanol–water partition coefficient (Wildman–Crippen LogP) is 0.844. The summed E-state index contributed by atoms with van der Waals surface area (Å²) >= 11 is 0. The van der Waals surface area contributed by atoms with Gasteiger partial charge in [0.25, 0.3) is 11.7 Å². The monoisotopic (exact) mass is 263 g/mol. The second-order valence-electron chi connectivity index (χ2n) is 4.79. The summed E-state index contributed by atoms with van der Waals surface area (Å²) in [6.07, 6.45) is 0.780. The van der Waals surface area contributed by atoms with E-state index in [1.165, 1.54) is 0 Å². The van der Waals surface area contributed by atoms with Crippen LogP contribution in [0.5, 0.6) is 0 Å². The van der Waals surface area contributed by atoms with Crippen LogP contribution in [0, 0.1) is 11.3 Å². The van der Waals surface area contributed by atoms with Crippen molar-refractivity contribution in [1.82, 2.24) is 5.16 Å². The second-order valence-corrected chi connectivity index (χ2v) is 4.79. The highest BCUT2D eigenvalue weighted by Crippen LogP contribution is 2.40. The fourth-order valence-electron chi connectivity index (χ4n) is 1.68. The standard InChI is InChI=1S/C12H13N3O4/c1-6(2)8-7(5-13)9(19-15-8)10(16)18-12(3-4-12)11(14)17/h6H,3-4H2,1-2H3,(H2,14,17). The summed E-state index contributed by atoms with van der Waals surface area (Å²) in [5, 5.41) is 12.7. The largest absolute Gasteiger partial charge is 0.443 e. The Balaban J connectivity index is 2.26. The molecule has 0 aliphatic heterocycles. The third-order valence-electron chi connectivity index (χ3n) is 3.00. The number of aromatic nitrogens is 1. The molecule has 1 heterocycles. The number of rotatable bonds is 4. The Labute approximate surface area is 109 Å². The number of amides is 1. The van der Waals surface area contributed by atoms with Gasteiger partial charge in [0.1, 0.15) is 17.3 Å². The molecule has 7 nitrogen and oxygen atoms in total. The first-order valence-corrected chi connectivity index (χ1v) is 5.84. The first-order chi connectivity index (χ1) is 8.91. The van der Waals surface area contributed by atoms with Crippen LogP contribution in [0.3, 0.4) is 0 Å². The number of hydrogen-bond donors (Lipinski definition) is 1. The summed E-state index contributed by atoms with van der Waals surface area (Å²) in [5.74, 6) is -1.92. The summed E-state index contributed by atoms with van der Waals surface area (Å²) in [7, 11) is 0. The van der Waals surface area contributed by atoms with Crippen molar-refractivity contribution in [2.75, 3.05) is 0 Å². The molecular formula is C12H13N3O4. The number of hydrogen-bond acceptors (Lipinski definition) is 6. The Morgan fingerprint density at radius 1 is 1.53 bits per heavy atom. The van der Waals surface area contributed by atoms with Gasteiger partial charge in [-0.15, -0.1) is 0 Å². The Morgan fingerprint density at radius 3 is 2.58 bits per heavy atom. The van der Waals surface area contributed by atoms with Crippen LogP contribution in [-0.4, -0.2) is 22.6 Å². The van der Waals surface area contributed by atoms with E-state index in [1.807, 2.05) is 19.9 Å². The van der Waals surface area contributed by atoms with Gasteiger partial charge >= 0.3 is 5.97 Å². The van der Waals surface area contributed by atoms with E-state index in [9.17, 15) is 9.59 Å². The minimum atomic E-state index is -1.24. The number of nitrogens with two attached hydrogens (primary N) is 1. The van der Waals surface area contributed by atoms with Gasteiger partial charge in [0.2, 0.25) is 0 Å². The Bertz CT molecular complexity index is 578. The van der Waals surface area contributed by atoms with Crippen LogP contribution in [0.4, 0.5) is 0 Å². The molecule has 0 spiro atoms. The van der Waals surface area contributed by atoms with Crippen LogP contribution in [0.25, 0.3) is 0 Å². The van der Waals surface area contributed by atoms with Crippen molar-refractivity contribution in [3.8, 4) is 6.07 Å². The van der Waals surface area contributed by atoms with Crippen molar-refractivity contribution in [2.45, 2.75) is 38.2 Å². The zero-order chi connectivity index (χ0) is 14.2. The summed E-state index contributed by atoms with van der Waals surface area (Å²) in [6, 6.07) is 1.87. The minimum absolute atomic E-state index is 0.0419. The molecule has 100 valence electrons. The van der Waals surface area contributed by atoms with E-state index in [1.54, 1.807) is 0 Å². The van der Waals surface area contributed by atoms with Crippen molar-refractivity contribution < 1.29 is 18.8 Å². The molecule has 1 aliphatic carbocycles. The van der Waals surface area contributed by atoms with Crippen LogP contribution >= 0.6 is 0 Å². The van der Waals surface area contributed by atoms with E-state index in [2.05, 4.69) is 5.16 Å². The maximum Gasteiger partial charge on any atom is 0.379 e. The van der Waals surface area contributed by atoms with Gasteiger partial charge in [-0.25, -0.2) is 4.79 Å². The van der Waals surface area contributed by atoms with Gasteiger partial charge in [0.15, 0.2) is 5.60 Å². The highest BCUT2D eigenvalue weighted by molar-refractivity contribution is 5.94. The van der Waals surface area contributed by atoms with E-state index in [0.717, 1.165) is 0 Å². The van der Waals surface area contributed by atoms with Gasteiger partial charge in [-0.05, 0) is 0 Å². The highest BCUT2D eigenvalue weighted by atomic mass is 16.6. The number of nitriles is 1. The molecular weight excluding hydrogens is 250 g/mol. The lowest BCUT2D eigenvalue weighted by atomic mass is 10.1. The van der Waals surface area contributed by atoms with E-state index < -0.39 is 17.5 Å². The van der Waals surface area contributed by atoms with Gasteiger partial charge in [0.05, 0.1) is 0 Å². The van der Waals surface area contributed by atoms with E-state index >= 15 is 0 Å². The lowest BCUT2D eigenvalue weighted by Gasteiger charge is -2.10. The topological polar surface area (TPSA) is 119 Å². The number of ether oxygens (including phenoxy) is 1. The Kier molecular flexibility index (Phi) is 3.02. The molecule has 0 bridgehead atoms. The van der Waals surface area contributed by atoms with Crippen molar-refractivity contribution >= 4 is 11.9 Å². The fourth-order valence-corrected chi connectivity index (χ4v) is 1.68. The van der Waals surface area contributed by atoms with Gasteiger partial charge in [-0.3, -0.25) is 4.79 Å². The molecule has 1 saturated carbocycles. The Morgan fingerprint density at radius 2 is 2.16 bits per heavy atom. The van der Waals surface area contributed by atoms with Gasteiger partial charge in [0, 0.05) is 18.8 Å². The highest BCUT2D eigenvalue weighted by Gasteiger charge is 2.53. The van der Waals surface area contributed by atoms with Crippen molar-refractivity contribution in [3.05, 3.63) is 17.0 Å². The molecule has 0 saturated heterocycles. The van der Waals surface area contributed by atoms with Gasteiger partial charge in [-0.2, -0.15) is 5.26 Å². The summed E-state index contributed by atoms with van der Waals surface area (Å²) < 4.78 is 9.90. The van der Waals surface area contributed by atoms with E-state index in [4.69, 9.17) is 20.3 Å². The van der Waals surface area contributed by atoms with E-state index in [0.29, 0.717) is 18.5 Å². The first-order valence-electron chi connectivity index (χ1n) is 5.84. The molecule has 1 aromatic heterocycles. The van der Waals surface area contributed by atoms with Crippen molar-refractivity contribution in [3.63, 3.8) is 0 Å². The van der Waals surface area contributed by atoms with Gasteiger partial charge < -0.3 is 15.0 Å². The quantitative estimate of drug-likeness (QED) is 0.804. The molecule has 1 amide bonds. The molecule has 2 N–H and O–H groups in total. The normalized spacial score (nSPS) is 15.9. The lowest BCUT2D eigenvalue weighted by molar-refractivity contribution is -0.128. The summed E-state index contributed by atoms with van der Waals surface area (Å²) in [6.45, 7) is 3.64. The second kappa shape index (κ2) is 4.39. The maximum atomic E-state index is 11.9. The predicted molar refractivity (Wildman–Crippen MR) is 61.9 cm³/mol. The molecule has 0 atom stereocenters. The zero-order valence-electron chi connectivity index (χ0n) is 10.6. The van der Waals surface area contributed by atoms with Crippen LogP contribution < -0.4 is 5.73 Å². The van der Waals surface area contributed by atoms with Crippen molar-refractivity contribution in [2.24, 2.45) is 5.73 Å². The number of carbonyl (C=O) groups is 2. The number of esters is 1. The number of nitrogens with zero attached hydrogens (tertiary/aromatic N) is 2. The van der Waals surface area contributed by atoms with Crippen molar-refractivity contribution in [1.29, 1.82) is 5.26 Å². The van der Waals surface area contributed by atoms with Gasteiger partial charge in [-0.1, -0.05) is 19.0 Å². The molecule has 2 rings (SSSR count). The Hall–Kier alpha value is -2.36. The lowest BCUT2D eigenvalue weighted by Crippen LogP contribution is -2.35. The van der Waals surface area contributed by atoms with Crippen LogP contribution in [0.15, 0.2) is 4.52 Å². The third kappa shape index (κ3) is 2.17. The molecule has 19 heavy (non-hydrogen) atoms. The molecule has 0 unspecified atom stereocenters. The SMILES string of the molecule is CC(C)c1noc(C(=O)OC2(C(N)=O)CC2)c1C#N. The number of primary amides is 1. The third-order valence-corrected chi connectivity index (χ3v) is 3.00. The van der Waals surface area contributed by atoms with Crippen LogP contribution in [-0.2, 0) is 9.53 Å².